The molecule has 3 unspecified atom stereocenters. The molecule has 1 saturated heterocycles. The second-order valence-electron chi connectivity index (χ2n) is 5.15. The minimum Gasteiger partial charge on any atom is -0.496 e. The van der Waals surface area contributed by atoms with E-state index in [-0.39, 0.29) is 0 Å². The van der Waals surface area contributed by atoms with Crippen LogP contribution in [0.2, 0.25) is 0 Å². The van der Waals surface area contributed by atoms with E-state index in [1.54, 1.807) is 7.11 Å². The SMILES string of the molecule is CNC(c1cc(C)ccc1OC)C1COC(C)C1. The maximum absolute atomic E-state index is 5.69. The van der Waals surface area contributed by atoms with Crippen molar-refractivity contribution in [2.75, 3.05) is 20.8 Å². The van der Waals surface area contributed by atoms with Gasteiger partial charge in [-0.05, 0) is 33.4 Å². The highest BCUT2D eigenvalue weighted by Gasteiger charge is 2.31. The third-order valence-corrected chi connectivity index (χ3v) is 3.73. The van der Waals surface area contributed by atoms with Gasteiger partial charge in [0, 0.05) is 17.5 Å². The molecule has 3 nitrogen and oxygen atoms in total. The summed E-state index contributed by atoms with van der Waals surface area (Å²) in [5.41, 5.74) is 2.50. The minimum atomic E-state index is 0.296. The first kappa shape index (κ1) is 13.4. The van der Waals surface area contributed by atoms with E-state index >= 15 is 0 Å². The number of rotatable bonds is 4. The van der Waals surface area contributed by atoms with Crippen molar-refractivity contribution in [1.82, 2.24) is 5.32 Å². The molecule has 0 radical (unpaired) electrons. The van der Waals surface area contributed by atoms with Crippen LogP contribution in [0.1, 0.15) is 30.5 Å². The zero-order valence-corrected chi connectivity index (χ0v) is 11.7. The van der Waals surface area contributed by atoms with Crippen molar-refractivity contribution in [3.05, 3.63) is 29.3 Å². The third kappa shape index (κ3) is 2.68. The molecular formula is C15H23NO2. The molecule has 1 fully saturated rings. The van der Waals surface area contributed by atoms with Crippen LogP contribution < -0.4 is 10.1 Å². The van der Waals surface area contributed by atoms with Crippen LogP contribution in [0.25, 0.3) is 0 Å². The predicted molar refractivity (Wildman–Crippen MR) is 73.1 cm³/mol. The van der Waals surface area contributed by atoms with E-state index in [2.05, 4.69) is 31.3 Å². The molecule has 1 N–H and O–H groups in total. The summed E-state index contributed by atoms with van der Waals surface area (Å²) in [4.78, 5) is 0. The van der Waals surface area contributed by atoms with Crippen LogP contribution >= 0.6 is 0 Å². The van der Waals surface area contributed by atoms with E-state index in [0.717, 1.165) is 18.8 Å². The van der Waals surface area contributed by atoms with E-state index in [4.69, 9.17) is 9.47 Å². The number of hydrogen-bond donors (Lipinski definition) is 1. The lowest BCUT2D eigenvalue weighted by atomic mass is 9.90. The highest BCUT2D eigenvalue weighted by atomic mass is 16.5. The van der Waals surface area contributed by atoms with Crippen LogP contribution in [-0.2, 0) is 4.74 Å². The zero-order valence-electron chi connectivity index (χ0n) is 11.7. The summed E-state index contributed by atoms with van der Waals surface area (Å²) in [6.07, 6.45) is 1.46. The van der Waals surface area contributed by atoms with Crippen molar-refractivity contribution in [3.8, 4) is 5.75 Å². The molecule has 100 valence electrons. The lowest BCUT2D eigenvalue weighted by molar-refractivity contribution is 0.117. The quantitative estimate of drug-likeness (QED) is 0.890. The first-order valence-electron chi connectivity index (χ1n) is 6.59. The van der Waals surface area contributed by atoms with Crippen LogP contribution in [0.5, 0.6) is 5.75 Å². The molecule has 0 amide bonds. The van der Waals surface area contributed by atoms with Crippen LogP contribution in [0.3, 0.4) is 0 Å². The summed E-state index contributed by atoms with van der Waals surface area (Å²) in [6.45, 7) is 5.08. The number of ether oxygens (including phenoxy) is 2. The Bertz CT molecular complexity index is 405. The second kappa shape index (κ2) is 5.72. The molecule has 18 heavy (non-hydrogen) atoms. The monoisotopic (exact) mass is 249 g/mol. The predicted octanol–water partition coefficient (Wildman–Crippen LogP) is 2.69. The van der Waals surface area contributed by atoms with E-state index in [9.17, 15) is 0 Å². The van der Waals surface area contributed by atoms with Gasteiger partial charge >= 0.3 is 0 Å². The fraction of sp³-hybridized carbons (Fsp3) is 0.600. The largest absolute Gasteiger partial charge is 0.496 e. The van der Waals surface area contributed by atoms with Crippen molar-refractivity contribution >= 4 is 0 Å². The van der Waals surface area contributed by atoms with Gasteiger partial charge in [0.2, 0.25) is 0 Å². The molecule has 0 spiro atoms. The lowest BCUT2D eigenvalue weighted by Gasteiger charge is -2.24. The summed E-state index contributed by atoms with van der Waals surface area (Å²) in [7, 11) is 3.74. The smallest absolute Gasteiger partial charge is 0.123 e. The fourth-order valence-corrected chi connectivity index (χ4v) is 2.82. The molecule has 1 aliphatic heterocycles. The van der Waals surface area contributed by atoms with Gasteiger partial charge in [-0.3, -0.25) is 0 Å². The lowest BCUT2D eigenvalue weighted by Crippen LogP contribution is -2.26. The van der Waals surface area contributed by atoms with Gasteiger partial charge in [-0.1, -0.05) is 17.7 Å². The summed E-state index contributed by atoms with van der Waals surface area (Å²) in [6, 6.07) is 6.64. The molecule has 1 aromatic rings. The molecule has 0 aromatic heterocycles. The van der Waals surface area contributed by atoms with E-state index in [1.807, 2.05) is 13.1 Å². The normalized spacial score (nSPS) is 25.1. The van der Waals surface area contributed by atoms with Crippen LogP contribution in [0, 0.1) is 12.8 Å². The highest BCUT2D eigenvalue weighted by molar-refractivity contribution is 5.39. The standard InChI is InChI=1S/C15H23NO2/c1-10-5-6-14(17-4)13(7-10)15(16-3)12-8-11(2)18-9-12/h5-7,11-12,15-16H,8-9H2,1-4H3. The Morgan fingerprint density at radius 1 is 1.44 bits per heavy atom. The van der Waals surface area contributed by atoms with E-state index in [1.165, 1.54) is 11.1 Å². The summed E-state index contributed by atoms with van der Waals surface area (Å²) in [5.74, 6) is 1.47. The van der Waals surface area contributed by atoms with Gasteiger partial charge < -0.3 is 14.8 Å². The minimum absolute atomic E-state index is 0.296. The van der Waals surface area contributed by atoms with Crippen LogP contribution in [0.15, 0.2) is 18.2 Å². The molecule has 1 aliphatic rings. The Labute approximate surface area is 109 Å². The van der Waals surface area contributed by atoms with Gasteiger partial charge in [-0.15, -0.1) is 0 Å². The molecule has 2 rings (SSSR count). The van der Waals surface area contributed by atoms with Crippen LogP contribution in [0.4, 0.5) is 0 Å². The molecule has 1 aromatic carbocycles. The van der Waals surface area contributed by atoms with E-state index < -0.39 is 0 Å². The van der Waals surface area contributed by atoms with Crippen molar-refractivity contribution in [2.45, 2.75) is 32.4 Å². The number of hydrogen-bond acceptors (Lipinski definition) is 3. The van der Waals surface area contributed by atoms with Gasteiger partial charge in [0.15, 0.2) is 0 Å². The average molecular weight is 249 g/mol. The number of aryl methyl sites for hydroxylation is 1. The number of benzene rings is 1. The van der Waals surface area contributed by atoms with Crippen molar-refractivity contribution < 1.29 is 9.47 Å². The van der Waals surface area contributed by atoms with Gasteiger partial charge in [0.05, 0.1) is 19.8 Å². The number of methoxy groups -OCH3 is 1. The molecule has 0 aliphatic carbocycles. The Balaban J connectivity index is 2.29. The van der Waals surface area contributed by atoms with Gasteiger partial charge in [0.1, 0.15) is 5.75 Å². The molecule has 0 bridgehead atoms. The molecule has 1 heterocycles. The zero-order chi connectivity index (χ0) is 13.1. The molecule has 0 saturated carbocycles. The van der Waals surface area contributed by atoms with Gasteiger partial charge in [-0.25, -0.2) is 0 Å². The first-order chi connectivity index (χ1) is 8.65. The van der Waals surface area contributed by atoms with Crippen molar-refractivity contribution in [3.63, 3.8) is 0 Å². The highest BCUT2D eigenvalue weighted by Crippen LogP contribution is 2.36. The van der Waals surface area contributed by atoms with Crippen LogP contribution in [-0.4, -0.2) is 26.9 Å². The summed E-state index contributed by atoms with van der Waals surface area (Å²) < 4.78 is 11.2. The number of nitrogens with one attached hydrogen (secondary N) is 1. The topological polar surface area (TPSA) is 30.5 Å². The van der Waals surface area contributed by atoms with Gasteiger partial charge in [-0.2, -0.15) is 0 Å². The molecular weight excluding hydrogens is 226 g/mol. The van der Waals surface area contributed by atoms with Gasteiger partial charge in [0.25, 0.3) is 0 Å². The molecule has 3 atom stereocenters. The Morgan fingerprint density at radius 3 is 2.78 bits per heavy atom. The molecule has 3 heteroatoms. The maximum Gasteiger partial charge on any atom is 0.123 e. The Kier molecular flexibility index (Phi) is 4.25. The summed E-state index contributed by atoms with van der Waals surface area (Å²) in [5, 5.41) is 3.42. The van der Waals surface area contributed by atoms with Crippen molar-refractivity contribution in [1.29, 1.82) is 0 Å². The third-order valence-electron chi connectivity index (χ3n) is 3.73. The fourth-order valence-electron chi connectivity index (χ4n) is 2.82. The summed E-state index contributed by atoms with van der Waals surface area (Å²) >= 11 is 0. The average Bonchev–Trinajstić information content (AvgIpc) is 2.77. The second-order valence-corrected chi connectivity index (χ2v) is 5.15. The van der Waals surface area contributed by atoms with E-state index in [0.29, 0.717) is 18.1 Å². The Morgan fingerprint density at radius 2 is 2.22 bits per heavy atom. The first-order valence-corrected chi connectivity index (χ1v) is 6.59. The van der Waals surface area contributed by atoms with Crippen molar-refractivity contribution in [2.24, 2.45) is 5.92 Å². The Hall–Kier alpha value is -1.06. The maximum atomic E-state index is 5.69.